The average molecular weight is 294 g/mol. The number of hydrogen-bond donors (Lipinski definition) is 1. The number of aryl methyl sites for hydroxylation is 2. The van der Waals surface area contributed by atoms with Crippen molar-refractivity contribution >= 4 is 11.8 Å². The summed E-state index contributed by atoms with van der Waals surface area (Å²) >= 11 is 0. The summed E-state index contributed by atoms with van der Waals surface area (Å²) in [4.78, 5) is 31.1. The smallest absolute Gasteiger partial charge is 0.257 e. The fourth-order valence-electron chi connectivity index (χ4n) is 2.62. The lowest BCUT2D eigenvalue weighted by Crippen LogP contribution is -2.45. The maximum atomic E-state index is 12.5. The summed E-state index contributed by atoms with van der Waals surface area (Å²) in [6, 6.07) is 1.75. The zero-order valence-electron chi connectivity index (χ0n) is 12.8. The Morgan fingerprint density at radius 1 is 1.48 bits per heavy atom. The molecule has 0 bridgehead atoms. The summed E-state index contributed by atoms with van der Waals surface area (Å²) in [5.41, 5.74) is 3.00. The summed E-state index contributed by atoms with van der Waals surface area (Å²) in [7, 11) is 0. The van der Waals surface area contributed by atoms with Gasteiger partial charge in [0.2, 0.25) is 5.91 Å². The van der Waals surface area contributed by atoms with E-state index in [4.69, 9.17) is 9.25 Å². The maximum absolute atomic E-state index is 12.5. The van der Waals surface area contributed by atoms with Crippen LogP contribution in [0.5, 0.6) is 0 Å². The quantitative estimate of drug-likeness (QED) is 0.860. The number of hydroxylamine groups is 1. The van der Waals surface area contributed by atoms with Gasteiger partial charge in [-0.3, -0.25) is 14.4 Å². The van der Waals surface area contributed by atoms with E-state index in [1.165, 1.54) is 0 Å². The molecule has 1 aromatic heterocycles. The van der Waals surface area contributed by atoms with Crippen LogP contribution in [0.1, 0.15) is 41.6 Å². The van der Waals surface area contributed by atoms with E-state index < -0.39 is 0 Å². The first kappa shape index (κ1) is 15.6. The second-order valence-electron chi connectivity index (χ2n) is 5.32. The first-order chi connectivity index (χ1) is 10.0. The van der Waals surface area contributed by atoms with Gasteiger partial charge in [-0.15, -0.1) is 0 Å². The van der Waals surface area contributed by atoms with Gasteiger partial charge in [0.25, 0.3) is 5.91 Å². The van der Waals surface area contributed by atoms with Crippen LogP contribution in [0.4, 0.5) is 0 Å². The highest BCUT2D eigenvalue weighted by Gasteiger charge is 2.30. The van der Waals surface area contributed by atoms with Crippen LogP contribution in [-0.2, 0) is 9.63 Å². The van der Waals surface area contributed by atoms with E-state index in [9.17, 15) is 9.59 Å². The molecule has 1 aromatic rings. The van der Waals surface area contributed by atoms with Crippen molar-refractivity contribution in [1.82, 2.24) is 10.4 Å². The molecule has 1 atom stereocenters. The van der Waals surface area contributed by atoms with Gasteiger partial charge in [0.05, 0.1) is 18.1 Å². The number of rotatable bonds is 4. The van der Waals surface area contributed by atoms with E-state index in [0.29, 0.717) is 31.0 Å². The van der Waals surface area contributed by atoms with Gasteiger partial charge in [-0.05, 0) is 39.7 Å². The number of nitrogens with one attached hydrogen (secondary N) is 1. The SMILES string of the molecule is CCONC(=O)[C@H]1CCCN(C(=O)c2cc(C)oc2C)C1. The topological polar surface area (TPSA) is 71.8 Å². The molecule has 1 fully saturated rings. The van der Waals surface area contributed by atoms with E-state index in [0.717, 1.165) is 18.6 Å². The van der Waals surface area contributed by atoms with Gasteiger partial charge in [0.15, 0.2) is 0 Å². The highest BCUT2D eigenvalue weighted by molar-refractivity contribution is 5.95. The molecule has 2 rings (SSSR count). The van der Waals surface area contributed by atoms with Gasteiger partial charge in [0, 0.05) is 13.1 Å². The van der Waals surface area contributed by atoms with Crippen molar-refractivity contribution in [2.75, 3.05) is 19.7 Å². The second kappa shape index (κ2) is 6.76. The molecule has 6 heteroatoms. The minimum Gasteiger partial charge on any atom is -0.466 e. The summed E-state index contributed by atoms with van der Waals surface area (Å²) < 4.78 is 5.41. The Balaban J connectivity index is 2.02. The molecule has 0 unspecified atom stereocenters. The van der Waals surface area contributed by atoms with Gasteiger partial charge in [-0.1, -0.05) is 0 Å². The highest BCUT2D eigenvalue weighted by Crippen LogP contribution is 2.21. The van der Waals surface area contributed by atoms with Crippen LogP contribution in [0.2, 0.25) is 0 Å². The zero-order chi connectivity index (χ0) is 15.4. The lowest BCUT2D eigenvalue weighted by atomic mass is 9.97. The number of furan rings is 1. The lowest BCUT2D eigenvalue weighted by molar-refractivity contribution is -0.138. The molecular formula is C15H22N2O4. The normalized spacial score (nSPS) is 18.6. The number of nitrogens with zero attached hydrogens (tertiary/aromatic N) is 1. The number of piperidine rings is 1. The fourth-order valence-corrected chi connectivity index (χ4v) is 2.62. The number of hydrogen-bond acceptors (Lipinski definition) is 4. The summed E-state index contributed by atoms with van der Waals surface area (Å²) in [5, 5.41) is 0. The third kappa shape index (κ3) is 3.64. The molecule has 0 spiro atoms. The largest absolute Gasteiger partial charge is 0.466 e. The molecule has 21 heavy (non-hydrogen) atoms. The van der Waals surface area contributed by atoms with E-state index in [-0.39, 0.29) is 17.7 Å². The Kier molecular flexibility index (Phi) is 5.01. The number of carbonyl (C=O) groups is 2. The second-order valence-corrected chi connectivity index (χ2v) is 5.32. The van der Waals surface area contributed by atoms with Crippen LogP contribution in [0.3, 0.4) is 0 Å². The molecule has 1 saturated heterocycles. The van der Waals surface area contributed by atoms with Crippen molar-refractivity contribution in [3.8, 4) is 0 Å². The van der Waals surface area contributed by atoms with Crippen LogP contribution in [0.25, 0.3) is 0 Å². The van der Waals surface area contributed by atoms with Crippen LogP contribution in [0.15, 0.2) is 10.5 Å². The van der Waals surface area contributed by atoms with Crippen molar-refractivity contribution in [2.45, 2.75) is 33.6 Å². The molecule has 1 aliphatic rings. The Hall–Kier alpha value is -1.82. The first-order valence-electron chi connectivity index (χ1n) is 7.30. The van der Waals surface area contributed by atoms with Crippen LogP contribution < -0.4 is 5.48 Å². The molecule has 1 aliphatic heterocycles. The zero-order valence-corrected chi connectivity index (χ0v) is 12.8. The molecule has 2 amide bonds. The van der Waals surface area contributed by atoms with Crippen molar-refractivity contribution in [3.05, 3.63) is 23.2 Å². The van der Waals surface area contributed by atoms with Crippen LogP contribution in [-0.4, -0.2) is 36.4 Å². The molecule has 1 N–H and O–H groups in total. The highest BCUT2D eigenvalue weighted by atomic mass is 16.6. The Labute approximate surface area is 124 Å². The van der Waals surface area contributed by atoms with E-state index in [1.54, 1.807) is 24.8 Å². The number of amides is 2. The van der Waals surface area contributed by atoms with Gasteiger partial charge < -0.3 is 9.32 Å². The summed E-state index contributed by atoms with van der Waals surface area (Å²) in [6.45, 7) is 6.92. The van der Waals surface area contributed by atoms with Gasteiger partial charge in [-0.2, -0.15) is 0 Å². The van der Waals surface area contributed by atoms with Gasteiger partial charge >= 0.3 is 0 Å². The fraction of sp³-hybridized carbons (Fsp3) is 0.600. The standard InChI is InChI=1S/C15H22N2O4/c1-4-20-16-14(18)12-6-5-7-17(9-12)15(19)13-8-10(2)21-11(13)3/h8,12H,4-7,9H2,1-3H3,(H,16,18)/t12-/m0/s1. The number of carbonyl (C=O) groups excluding carboxylic acids is 2. The summed E-state index contributed by atoms with van der Waals surface area (Å²) in [5.74, 6) is 0.896. The van der Waals surface area contributed by atoms with Crippen molar-refractivity contribution in [3.63, 3.8) is 0 Å². The average Bonchev–Trinajstić information content (AvgIpc) is 2.82. The van der Waals surface area contributed by atoms with Crippen LogP contribution >= 0.6 is 0 Å². The predicted octanol–water partition coefficient (Wildman–Crippen LogP) is 1.82. The molecule has 0 radical (unpaired) electrons. The third-order valence-electron chi connectivity index (χ3n) is 3.67. The van der Waals surface area contributed by atoms with Crippen LogP contribution in [0, 0.1) is 19.8 Å². The Morgan fingerprint density at radius 3 is 2.86 bits per heavy atom. The molecule has 0 saturated carbocycles. The Bertz CT molecular complexity index is 524. The molecule has 2 heterocycles. The minimum absolute atomic E-state index is 0.0711. The molecule has 6 nitrogen and oxygen atoms in total. The molecule has 0 aliphatic carbocycles. The lowest BCUT2D eigenvalue weighted by Gasteiger charge is -2.31. The van der Waals surface area contributed by atoms with Crippen molar-refractivity contribution in [1.29, 1.82) is 0 Å². The van der Waals surface area contributed by atoms with Crippen molar-refractivity contribution in [2.24, 2.45) is 5.92 Å². The molecule has 116 valence electrons. The van der Waals surface area contributed by atoms with E-state index in [1.807, 2.05) is 6.92 Å². The van der Waals surface area contributed by atoms with E-state index in [2.05, 4.69) is 5.48 Å². The molecule has 0 aromatic carbocycles. The maximum Gasteiger partial charge on any atom is 0.257 e. The Morgan fingerprint density at radius 2 is 2.24 bits per heavy atom. The third-order valence-corrected chi connectivity index (χ3v) is 3.67. The van der Waals surface area contributed by atoms with E-state index >= 15 is 0 Å². The van der Waals surface area contributed by atoms with Gasteiger partial charge in [-0.25, -0.2) is 5.48 Å². The predicted molar refractivity (Wildman–Crippen MR) is 76.6 cm³/mol. The molecular weight excluding hydrogens is 272 g/mol. The minimum atomic E-state index is -0.220. The van der Waals surface area contributed by atoms with Crippen molar-refractivity contribution < 1.29 is 18.8 Å². The summed E-state index contributed by atoms with van der Waals surface area (Å²) in [6.07, 6.45) is 1.58. The number of likely N-dealkylation sites (tertiary alicyclic amines) is 1. The van der Waals surface area contributed by atoms with Gasteiger partial charge in [0.1, 0.15) is 11.5 Å². The monoisotopic (exact) mass is 294 g/mol. The first-order valence-corrected chi connectivity index (χ1v) is 7.30.